The van der Waals surface area contributed by atoms with Gasteiger partial charge in [-0.2, -0.15) is 5.26 Å². The Bertz CT molecular complexity index is 1270. The van der Waals surface area contributed by atoms with Crippen molar-refractivity contribution < 1.29 is 31.5 Å². The number of hydrogen-bond donors (Lipinski definition) is 2. The lowest BCUT2D eigenvalue weighted by Crippen LogP contribution is -2.43. The molecule has 2 aromatic rings. The lowest BCUT2D eigenvalue weighted by Gasteiger charge is -2.39. The van der Waals surface area contributed by atoms with Crippen LogP contribution in [-0.2, 0) is 9.84 Å². The third-order valence-corrected chi connectivity index (χ3v) is 9.66. The molecule has 2 fully saturated rings. The number of carbonyl (C=O) groups excluding carboxylic acids is 1. The van der Waals surface area contributed by atoms with Crippen LogP contribution in [0.15, 0.2) is 35.2 Å². The monoisotopic (exact) mass is 512 g/mol. The van der Waals surface area contributed by atoms with Crippen LogP contribution in [0.4, 0.5) is 18.9 Å². The Labute approximate surface area is 199 Å². The molecule has 1 amide bonds. The highest BCUT2D eigenvalue weighted by Gasteiger charge is 2.54. The van der Waals surface area contributed by atoms with E-state index in [1.165, 1.54) is 12.1 Å². The Morgan fingerprint density at radius 3 is 2.26 bits per heavy atom. The van der Waals surface area contributed by atoms with Gasteiger partial charge in [-0.15, -0.1) is 0 Å². The molecule has 2 bridgehead atoms. The zero-order valence-corrected chi connectivity index (χ0v) is 19.3. The molecule has 180 valence electrons. The Hall–Kier alpha value is -2.61. The fraction of sp³-hybridized carbons (Fsp3) is 0.391. The molecule has 4 rings (SSSR count). The van der Waals surface area contributed by atoms with Gasteiger partial charge in [0.05, 0.1) is 33.3 Å². The molecule has 11 heteroatoms. The summed E-state index contributed by atoms with van der Waals surface area (Å²) in [4.78, 5) is 12.4. The number of aliphatic hydroxyl groups excluding tert-OH is 1. The summed E-state index contributed by atoms with van der Waals surface area (Å²) in [7, 11) is -4.02. The first kappa shape index (κ1) is 24.5. The number of amides is 1. The van der Waals surface area contributed by atoms with E-state index >= 15 is 0 Å². The number of aliphatic hydroxyl groups is 1. The molecule has 0 radical (unpaired) electrons. The van der Waals surface area contributed by atoms with Crippen LogP contribution in [0.2, 0.25) is 5.02 Å². The van der Waals surface area contributed by atoms with Gasteiger partial charge in [0.1, 0.15) is 0 Å². The normalized spacial score (nSPS) is 26.2. The van der Waals surface area contributed by atoms with E-state index in [1.807, 2.05) is 0 Å². The zero-order chi connectivity index (χ0) is 24.8. The van der Waals surface area contributed by atoms with Gasteiger partial charge in [-0.3, -0.25) is 4.79 Å². The molecule has 0 aliphatic heterocycles. The van der Waals surface area contributed by atoms with E-state index in [2.05, 4.69) is 11.4 Å². The van der Waals surface area contributed by atoms with Crippen LogP contribution in [-0.4, -0.2) is 31.3 Å². The van der Waals surface area contributed by atoms with E-state index in [0.29, 0.717) is 25.0 Å². The Morgan fingerprint density at radius 1 is 1.15 bits per heavy atom. The number of benzene rings is 2. The SMILES string of the molecule is N#C[C@]1(CO)CC2CC[C@@H](C1)[C@H]2S(=O)(=O)c1cc(C(=O)Nc2cc(F)c(F)c(F)c2)ccc1Cl. The molecule has 6 nitrogen and oxygen atoms in total. The number of anilines is 1. The van der Waals surface area contributed by atoms with Crippen molar-refractivity contribution in [3.05, 3.63) is 58.4 Å². The van der Waals surface area contributed by atoms with E-state index in [1.54, 1.807) is 0 Å². The fourth-order valence-corrected chi connectivity index (χ4v) is 8.11. The summed E-state index contributed by atoms with van der Waals surface area (Å²) in [6, 6.07) is 6.96. The number of carbonyl (C=O) groups is 1. The van der Waals surface area contributed by atoms with Crippen molar-refractivity contribution in [3.8, 4) is 6.07 Å². The molecule has 1 unspecified atom stereocenters. The van der Waals surface area contributed by atoms with Crippen LogP contribution in [0.5, 0.6) is 0 Å². The van der Waals surface area contributed by atoms with Gasteiger partial charge >= 0.3 is 0 Å². The van der Waals surface area contributed by atoms with Crippen LogP contribution in [0.1, 0.15) is 36.0 Å². The van der Waals surface area contributed by atoms with E-state index < -0.39 is 43.9 Å². The number of rotatable bonds is 5. The smallest absolute Gasteiger partial charge is 0.255 e. The number of nitriles is 1. The van der Waals surface area contributed by atoms with Crippen LogP contribution in [0.3, 0.4) is 0 Å². The second kappa shape index (κ2) is 8.87. The predicted octanol–water partition coefficient (Wildman–Crippen LogP) is 4.47. The summed E-state index contributed by atoms with van der Waals surface area (Å²) in [5.74, 6) is -6.20. The summed E-state index contributed by atoms with van der Waals surface area (Å²) >= 11 is 6.21. The number of nitrogens with one attached hydrogen (secondary N) is 1. The minimum absolute atomic E-state index is 0.0888. The average molecular weight is 513 g/mol. The fourth-order valence-electron chi connectivity index (χ4n) is 5.27. The number of nitrogens with zero attached hydrogens (tertiary/aromatic N) is 1. The molecule has 0 spiro atoms. The minimum Gasteiger partial charge on any atom is -0.395 e. The summed E-state index contributed by atoms with van der Waals surface area (Å²) in [6.07, 6.45) is 1.69. The lowest BCUT2D eigenvalue weighted by molar-refractivity contribution is 0.102. The van der Waals surface area contributed by atoms with E-state index in [9.17, 15) is 36.8 Å². The topological polar surface area (TPSA) is 107 Å². The van der Waals surface area contributed by atoms with E-state index in [4.69, 9.17) is 11.6 Å². The number of halogens is 4. The molecule has 0 heterocycles. The number of fused-ring (bicyclic) bond motifs is 2. The second-order valence-electron chi connectivity index (χ2n) is 8.92. The first-order valence-corrected chi connectivity index (χ1v) is 12.5. The molecule has 2 aromatic carbocycles. The highest BCUT2D eigenvalue weighted by molar-refractivity contribution is 7.92. The van der Waals surface area contributed by atoms with Crippen molar-refractivity contribution in [1.82, 2.24) is 0 Å². The molecule has 2 saturated carbocycles. The third kappa shape index (κ3) is 4.17. The third-order valence-electron chi connectivity index (χ3n) is 6.78. The molecule has 0 aromatic heterocycles. The number of sulfone groups is 1. The highest BCUT2D eigenvalue weighted by atomic mass is 35.5. The van der Waals surface area contributed by atoms with Gasteiger partial charge in [-0.1, -0.05) is 11.6 Å². The molecule has 0 saturated heterocycles. The van der Waals surface area contributed by atoms with Gasteiger partial charge in [0.15, 0.2) is 27.3 Å². The van der Waals surface area contributed by atoms with Crippen LogP contribution in [0, 0.1) is 46.0 Å². The lowest BCUT2D eigenvalue weighted by atomic mass is 9.70. The van der Waals surface area contributed by atoms with E-state index in [-0.39, 0.29) is 52.5 Å². The summed E-state index contributed by atoms with van der Waals surface area (Å²) in [5, 5.41) is 20.6. The van der Waals surface area contributed by atoms with E-state index in [0.717, 1.165) is 6.07 Å². The molecule has 2 aliphatic rings. The summed E-state index contributed by atoms with van der Waals surface area (Å²) in [5.41, 5.74) is -1.44. The Morgan fingerprint density at radius 2 is 1.74 bits per heavy atom. The van der Waals surface area contributed by atoms with Crippen molar-refractivity contribution in [2.24, 2.45) is 17.3 Å². The molecule has 2 N–H and O–H groups in total. The van der Waals surface area contributed by atoms with Crippen LogP contribution < -0.4 is 5.32 Å². The predicted molar refractivity (Wildman–Crippen MR) is 117 cm³/mol. The maximum atomic E-state index is 13.6. The zero-order valence-electron chi connectivity index (χ0n) is 17.7. The average Bonchev–Trinajstić information content (AvgIpc) is 3.09. The van der Waals surface area contributed by atoms with Gasteiger partial charge in [0, 0.05) is 23.4 Å². The Kier molecular flexibility index (Phi) is 6.40. The highest BCUT2D eigenvalue weighted by Crippen LogP contribution is 2.54. The molecule has 2 aliphatic carbocycles. The van der Waals surface area contributed by atoms with Crippen LogP contribution >= 0.6 is 11.6 Å². The van der Waals surface area contributed by atoms with Gasteiger partial charge in [0.25, 0.3) is 5.91 Å². The molecule has 34 heavy (non-hydrogen) atoms. The molecular formula is C23H20ClF3N2O4S. The number of hydrogen-bond acceptors (Lipinski definition) is 5. The van der Waals surface area contributed by atoms with Crippen LogP contribution in [0.25, 0.3) is 0 Å². The van der Waals surface area contributed by atoms with Gasteiger partial charge in [0.2, 0.25) is 0 Å². The Balaban J connectivity index is 1.64. The van der Waals surface area contributed by atoms with Crippen molar-refractivity contribution in [3.63, 3.8) is 0 Å². The second-order valence-corrected chi connectivity index (χ2v) is 11.4. The molecular weight excluding hydrogens is 493 g/mol. The van der Waals surface area contributed by atoms with Crippen molar-refractivity contribution in [2.45, 2.75) is 35.8 Å². The first-order valence-electron chi connectivity index (χ1n) is 10.5. The first-order chi connectivity index (χ1) is 16.0. The molecule has 4 atom stereocenters. The quantitative estimate of drug-likeness (QED) is 0.575. The van der Waals surface area contributed by atoms with Gasteiger partial charge in [-0.05, 0) is 55.7 Å². The summed E-state index contributed by atoms with van der Waals surface area (Å²) < 4.78 is 67.3. The standard InChI is InChI=1S/C23H20ClF3N2O4S/c24-16-4-3-12(22(31)29-15-6-17(25)20(27)18(26)7-15)5-19(16)34(32,33)21-13-1-2-14(21)9-23(8-13,10-28)11-30/h3-7,13-14,21,30H,1-2,8-9,11H2,(H,29,31)/t13-,14?,21+,23+/m0/s1. The largest absolute Gasteiger partial charge is 0.395 e. The van der Waals surface area contributed by atoms with Gasteiger partial charge in [-0.25, -0.2) is 21.6 Å². The van der Waals surface area contributed by atoms with Gasteiger partial charge < -0.3 is 10.4 Å². The summed E-state index contributed by atoms with van der Waals surface area (Å²) in [6.45, 7) is -0.343. The van der Waals surface area contributed by atoms with Crippen molar-refractivity contribution in [2.75, 3.05) is 11.9 Å². The van der Waals surface area contributed by atoms with Crippen molar-refractivity contribution >= 4 is 33.0 Å². The minimum atomic E-state index is -4.02. The maximum Gasteiger partial charge on any atom is 0.255 e. The maximum absolute atomic E-state index is 13.6. The van der Waals surface area contributed by atoms with Crippen molar-refractivity contribution in [1.29, 1.82) is 5.26 Å².